The van der Waals surface area contributed by atoms with Crippen LogP contribution in [0.15, 0.2) is 0 Å². The van der Waals surface area contributed by atoms with Crippen LogP contribution < -0.4 is 5.32 Å². The van der Waals surface area contributed by atoms with Crippen molar-refractivity contribution in [2.24, 2.45) is 0 Å². The first-order valence-corrected chi connectivity index (χ1v) is 5.69. The Bertz CT molecular complexity index is 252. The Labute approximate surface area is 91.6 Å². The van der Waals surface area contributed by atoms with E-state index in [1.807, 2.05) is 6.92 Å². The van der Waals surface area contributed by atoms with Crippen molar-refractivity contribution in [3.05, 3.63) is 0 Å². The molecule has 3 heteroatoms. The molecule has 1 rings (SSSR count). The molecule has 0 heterocycles. The Morgan fingerprint density at radius 3 is 3.13 bits per heavy atom. The second-order valence-electron chi connectivity index (χ2n) is 3.67. The second kappa shape index (κ2) is 7.30. The molecule has 0 saturated heterocycles. The van der Waals surface area contributed by atoms with Crippen molar-refractivity contribution >= 4 is 5.91 Å². The van der Waals surface area contributed by atoms with Crippen LogP contribution in [0.3, 0.4) is 0 Å². The van der Waals surface area contributed by atoms with Crippen LogP contribution in [0.4, 0.5) is 0 Å². The van der Waals surface area contributed by atoms with Crippen LogP contribution in [0.25, 0.3) is 0 Å². The van der Waals surface area contributed by atoms with Gasteiger partial charge in [0.25, 0.3) is 0 Å². The first kappa shape index (κ1) is 12.1. The summed E-state index contributed by atoms with van der Waals surface area (Å²) in [4.78, 5) is 11.2. The number of nitrogens with one attached hydrogen (secondary N) is 1. The Kier molecular flexibility index (Phi) is 5.87. The molecule has 0 fully saturated rings. The van der Waals surface area contributed by atoms with Gasteiger partial charge in [-0.3, -0.25) is 4.79 Å². The summed E-state index contributed by atoms with van der Waals surface area (Å²) in [7, 11) is 0. The van der Waals surface area contributed by atoms with Crippen LogP contribution in [-0.2, 0) is 9.53 Å². The third kappa shape index (κ3) is 5.44. The van der Waals surface area contributed by atoms with Gasteiger partial charge in [-0.1, -0.05) is 12.3 Å². The van der Waals surface area contributed by atoms with Crippen LogP contribution in [0.2, 0.25) is 0 Å². The molecule has 1 amide bonds. The summed E-state index contributed by atoms with van der Waals surface area (Å²) < 4.78 is 5.45. The van der Waals surface area contributed by atoms with Gasteiger partial charge < -0.3 is 10.1 Å². The molecule has 1 unspecified atom stereocenters. The lowest BCUT2D eigenvalue weighted by Gasteiger charge is -2.13. The topological polar surface area (TPSA) is 38.3 Å². The van der Waals surface area contributed by atoms with Crippen molar-refractivity contribution < 1.29 is 9.53 Å². The molecule has 0 aromatic heterocycles. The fourth-order valence-corrected chi connectivity index (χ4v) is 1.53. The van der Waals surface area contributed by atoms with Gasteiger partial charge in [0.1, 0.15) is 12.7 Å². The summed E-state index contributed by atoms with van der Waals surface area (Å²) in [5.41, 5.74) is 0. The van der Waals surface area contributed by atoms with Gasteiger partial charge in [0.2, 0.25) is 5.91 Å². The average molecular weight is 209 g/mol. The summed E-state index contributed by atoms with van der Waals surface area (Å²) in [6.07, 6.45) is 5.42. The van der Waals surface area contributed by atoms with Crippen molar-refractivity contribution in [2.75, 3.05) is 13.2 Å². The number of carbonyl (C=O) groups excluding carboxylic acids is 1. The van der Waals surface area contributed by atoms with E-state index in [0.717, 1.165) is 19.3 Å². The highest BCUT2D eigenvalue weighted by Gasteiger charge is 2.09. The third-order valence-corrected chi connectivity index (χ3v) is 2.32. The van der Waals surface area contributed by atoms with Crippen LogP contribution >= 0.6 is 0 Å². The molecule has 1 N–H and O–H groups in total. The third-order valence-electron chi connectivity index (χ3n) is 2.32. The molecule has 0 aromatic rings. The normalized spacial score (nSPS) is 20.7. The molecule has 0 radical (unpaired) electrons. The smallest absolute Gasteiger partial charge is 0.246 e. The standard InChI is InChI=1S/C12H19NO2/c1-2-13-12(14)10-15-11-8-6-4-3-5-7-9-11/h11H,2-6,8,10H2,1H3,(H,13,14). The Balaban J connectivity index is 2.26. The van der Waals surface area contributed by atoms with Gasteiger partial charge >= 0.3 is 0 Å². The highest BCUT2D eigenvalue weighted by atomic mass is 16.5. The summed E-state index contributed by atoms with van der Waals surface area (Å²) in [5.74, 6) is 6.10. The Morgan fingerprint density at radius 1 is 1.47 bits per heavy atom. The van der Waals surface area contributed by atoms with Crippen LogP contribution in [0.5, 0.6) is 0 Å². The molecule has 0 spiro atoms. The van der Waals surface area contributed by atoms with Gasteiger partial charge in [0.15, 0.2) is 0 Å². The Hall–Kier alpha value is -1.01. The molecule has 1 aliphatic carbocycles. The zero-order valence-electron chi connectivity index (χ0n) is 9.34. The molecular weight excluding hydrogens is 190 g/mol. The van der Waals surface area contributed by atoms with E-state index in [1.54, 1.807) is 0 Å². The molecular formula is C12H19NO2. The maximum Gasteiger partial charge on any atom is 0.246 e. The Morgan fingerprint density at radius 2 is 2.33 bits per heavy atom. The van der Waals surface area contributed by atoms with Gasteiger partial charge in [-0.05, 0) is 26.2 Å². The molecule has 3 nitrogen and oxygen atoms in total. The minimum Gasteiger partial charge on any atom is -0.356 e. The van der Waals surface area contributed by atoms with E-state index >= 15 is 0 Å². The van der Waals surface area contributed by atoms with Gasteiger partial charge in [-0.2, -0.15) is 0 Å². The lowest BCUT2D eigenvalue weighted by molar-refractivity contribution is -0.126. The van der Waals surface area contributed by atoms with Gasteiger partial charge in [-0.25, -0.2) is 0 Å². The predicted molar refractivity (Wildman–Crippen MR) is 59.3 cm³/mol. The first-order valence-electron chi connectivity index (χ1n) is 5.69. The number of likely N-dealkylation sites (N-methyl/N-ethyl adjacent to an activating group) is 1. The molecule has 0 aliphatic heterocycles. The minimum atomic E-state index is -0.0543. The predicted octanol–water partition coefficient (Wildman–Crippen LogP) is 1.48. The number of rotatable bonds is 4. The highest BCUT2D eigenvalue weighted by Crippen LogP contribution is 2.10. The monoisotopic (exact) mass is 209 g/mol. The molecule has 0 bridgehead atoms. The highest BCUT2D eigenvalue weighted by molar-refractivity contribution is 5.77. The summed E-state index contributed by atoms with van der Waals surface area (Å²) >= 11 is 0. The lowest BCUT2D eigenvalue weighted by atomic mass is 10.1. The van der Waals surface area contributed by atoms with E-state index in [9.17, 15) is 4.79 Å². The molecule has 84 valence electrons. The maximum absolute atomic E-state index is 11.2. The molecule has 0 aromatic carbocycles. The van der Waals surface area contributed by atoms with Gasteiger partial charge in [-0.15, -0.1) is 5.92 Å². The van der Waals surface area contributed by atoms with E-state index in [-0.39, 0.29) is 18.6 Å². The number of hydrogen-bond acceptors (Lipinski definition) is 2. The molecule has 1 aliphatic rings. The first-order chi connectivity index (χ1) is 7.33. The zero-order valence-corrected chi connectivity index (χ0v) is 9.34. The minimum absolute atomic E-state index is 0.0482. The second-order valence-corrected chi connectivity index (χ2v) is 3.67. The zero-order chi connectivity index (χ0) is 10.9. The quantitative estimate of drug-likeness (QED) is 0.712. The van der Waals surface area contributed by atoms with E-state index in [1.165, 1.54) is 12.8 Å². The van der Waals surface area contributed by atoms with E-state index in [4.69, 9.17) is 4.74 Å². The van der Waals surface area contributed by atoms with E-state index in [0.29, 0.717) is 6.54 Å². The summed E-state index contributed by atoms with van der Waals surface area (Å²) in [6, 6.07) is 0. The average Bonchev–Trinajstić information content (AvgIpc) is 2.16. The number of carbonyl (C=O) groups is 1. The summed E-state index contributed by atoms with van der Waals surface area (Å²) in [6.45, 7) is 2.68. The fourth-order valence-electron chi connectivity index (χ4n) is 1.53. The van der Waals surface area contributed by atoms with E-state index < -0.39 is 0 Å². The van der Waals surface area contributed by atoms with Crippen molar-refractivity contribution in [3.8, 4) is 11.8 Å². The van der Waals surface area contributed by atoms with Crippen LogP contribution in [-0.4, -0.2) is 25.2 Å². The van der Waals surface area contributed by atoms with Crippen molar-refractivity contribution in [1.29, 1.82) is 0 Å². The van der Waals surface area contributed by atoms with Crippen molar-refractivity contribution in [3.63, 3.8) is 0 Å². The van der Waals surface area contributed by atoms with Crippen molar-refractivity contribution in [1.82, 2.24) is 5.32 Å². The summed E-state index contributed by atoms with van der Waals surface area (Å²) in [5, 5.41) is 2.70. The lowest BCUT2D eigenvalue weighted by Crippen LogP contribution is -2.29. The SMILES string of the molecule is CCNC(=O)COC1C#CCCCCC1. The molecule has 1 atom stereocenters. The van der Waals surface area contributed by atoms with Crippen LogP contribution in [0, 0.1) is 11.8 Å². The number of amides is 1. The van der Waals surface area contributed by atoms with Gasteiger partial charge in [0, 0.05) is 13.0 Å². The van der Waals surface area contributed by atoms with Crippen LogP contribution in [0.1, 0.15) is 39.0 Å². The molecule has 0 saturated carbocycles. The van der Waals surface area contributed by atoms with Crippen molar-refractivity contribution in [2.45, 2.75) is 45.1 Å². The fraction of sp³-hybridized carbons (Fsp3) is 0.750. The number of ether oxygens (including phenoxy) is 1. The molecule has 15 heavy (non-hydrogen) atoms. The van der Waals surface area contributed by atoms with Gasteiger partial charge in [0.05, 0.1) is 0 Å². The number of hydrogen-bond donors (Lipinski definition) is 1. The maximum atomic E-state index is 11.2. The van der Waals surface area contributed by atoms with E-state index in [2.05, 4.69) is 17.2 Å². The largest absolute Gasteiger partial charge is 0.356 e.